The van der Waals surface area contributed by atoms with Crippen molar-refractivity contribution in [3.05, 3.63) is 71.6 Å². The van der Waals surface area contributed by atoms with Gasteiger partial charge in [-0.1, -0.05) is 0 Å². The molecule has 174 valence electrons. The van der Waals surface area contributed by atoms with Crippen LogP contribution in [-0.4, -0.2) is 56.7 Å². The highest BCUT2D eigenvalue weighted by atomic mass is 16.6. The molecule has 12 heteroatoms. The van der Waals surface area contributed by atoms with Gasteiger partial charge in [0.05, 0.1) is 37.4 Å². The second-order valence-electron chi connectivity index (χ2n) is 6.98. The second-order valence-corrected chi connectivity index (χ2v) is 6.98. The van der Waals surface area contributed by atoms with Crippen molar-refractivity contribution in [2.75, 3.05) is 37.9 Å². The summed E-state index contributed by atoms with van der Waals surface area (Å²) in [5.74, 6) is 2.24. The molecule has 0 spiro atoms. The van der Waals surface area contributed by atoms with Crippen molar-refractivity contribution in [1.82, 2.24) is 24.5 Å². The molecule has 3 aromatic heterocycles. The molecule has 0 unspecified atom stereocenters. The van der Waals surface area contributed by atoms with Gasteiger partial charge in [-0.2, -0.15) is 0 Å². The van der Waals surface area contributed by atoms with Crippen molar-refractivity contribution < 1.29 is 14.4 Å². The molecule has 1 aromatic carbocycles. The lowest BCUT2D eigenvalue weighted by molar-refractivity contribution is -0.385. The van der Waals surface area contributed by atoms with E-state index in [1.807, 2.05) is 22.9 Å². The molecule has 34 heavy (non-hydrogen) atoms. The molecule has 0 aliphatic rings. The van der Waals surface area contributed by atoms with E-state index in [1.165, 1.54) is 12.3 Å². The molecular weight excluding hydrogens is 440 g/mol. The number of rotatable bonds is 10. The van der Waals surface area contributed by atoms with E-state index in [4.69, 9.17) is 14.5 Å². The lowest BCUT2D eigenvalue weighted by Crippen LogP contribution is -2.16. The highest BCUT2D eigenvalue weighted by molar-refractivity contribution is 5.75. The monoisotopic (exact) mass is 462 g/mol. The summed E-state index contributed by atoms with van der Waals surface area (Å²) in [5.41, 5.74) is 2.10. The largest absolute Gasteiger partial charge is 0.497 e. The average molecular weight is 462 g/mol. The van der Waals surface area contributed by atoms with E-state index in [0.29, 0.717) is 42.0 Å². The van der Waals surface area contributed by atoms with Crippen LogP contribution in [-0.2, 0) is 0 Å². The Kier molecular flexibility index (Phi) is 6.77. The minimum atomic E-state index is -0.488. The van der Waals surface area contributed by atoms with E-state index in [0.717, 1.165) is 11.3 Å². The van der Waals surface area contributed by atoms with Gasteiger partial charge < -0.3 is 24.7 Å². The van der Waals surface area contributed by atoms with Gasteiger partial charge in [0.2, 0.25) is 5.95 Å². The van der Waals surface area contributed by atoms with Crippen LogP contribution in [0.5, 0.6) is 11.5 Å². The summed E-state index contributed by atoms with van der Waals surface area (Å²) in [7, 11) is 3.19. The van der Waals surface area contributed by atoms with Gasteiger partial charge in [0.1, 0.15) is 29.2 Å². The summed E-state index contributed by atoms with van der Waals surface area (Å²) in [6, 6.07) is 8.47. The van der Waals surface area contributed by atoms with Crippen LogP contribution in [0.4, 0.5) is 17.5 Å². The Labute approximate surface area is 194 Å². The van der Waals surface area contributed by atoms with Crippen LogP contribution < -0.4 is 20.1 Å². The Morgan fingerprint density at radius 3 is 2.59 bits per heavy atom. The van der Waals surface area contributed by atoms with Crippen LogP contribution in [0.15, 0.2) is 61.4 Å². The SMILES string of the molecule is COc1ccc(-c2nc(NCCNc3ccc([N+](=O)[O-])cn3)ncc2-n2ccnc2)c(OC)c1. The Morgan fingerprint density at radius 1 is 1.06 bits per heavy atom. The zero-order valence-corrected chi connectivity index (χ0v) is 18.5. The van der Waals surface area contributed by atoms with Gasteiger partial charge in [-0.25, -0.2) is 19.9 Å². The fourth-order valence-electron chi connectivity index (χ4n) is 3.21. The van der Waals surface area contributed by atoms with Crippen LogP contribution in [0.2, 0.25) is 0 Å². The molecule has 0 amide bonds. The molecule has 12 nitrogen and oxygen atoms in total. The lowest BCUT2D eigenvalue weighted by Gasteiger charge is -2.15. The quantitative estimate of drug-likeness (QED) is 0.205. The molecular formula is C22H22N8O4. The molecule has 3 heterocycles. The Bertz CT molecular complexity index is 1260. The number of ether oxygens (including phenoxy) is 2. The topological polar surface area (TPSA) is 142 Å². The fraction of sp³-hybridized carbons (Fsp3) is 0.182. The zero-order valence-electron chi connectivity index (χ0n) is 18.5. The predicted octanol–water partition coefficient (Wildman–Crippen LogP) is 3.17. The summed E-state index contributed by atoms with van der Waals surface area (Å²) in [4.78, 5) is 27.6. The van der Waals surface area contributed by atoms with Crippen molar-refractivity contribution in [2.24, 2.45) is 0 Å². The Hall–Kier alpha value is -4.74. The van der Waals surface area contributed by atoms with Crippen LogP contribution in [0.25, 0.3) is 16.9 Å². The zero-order chi connectivity index (χ0) is 23.9. The predicted molar refractivity (Wildman–Crippen MR) is 126 cm³/mol. The minimum Gasteiger partial charge on any atom is -0.497 e. The summed E-state index contributed by atoms with van der Waals surface area (Å²) < 4.78 is 12.7. The first-order valence-corrected chi connectivity index (χ1v) is 10.2. The molecule has 0 fully saturated rings. The van der Waals surface area contributed by atoms with E-state index >= 15 is 0 Å². The van der Waals surface area contributed by atoms with Gasteiger partial charge in [0.25, 0.3) is 5.69 Å². The van der Waals surface area contributed by atoms with Crippen LogP contribution in [0.3, 0.4) is 0 Å². The maximum atomic E-state index is 10.7. The highest BCUT2D eigenvalue weighted by Crippen LogP contribution is 2.35. The number of nitrogens with zero attached hydrogens (tertiary/aromatic N) is 6. The molecule has 4 aromatic rings. The maximum absolute atomic E-state index is 10.7. The van der Waals surface area contributed by atoms with E-state index in [2.05, 4.69) is 25.6 Å². The summed E-state index contributed by atoms with van der Waals surface area (Å²) >= 11 is 0. The highest BCUT2D eigenvalue weighted by Gasteiger charge is 2.16. The summed E-state index contributed by atoms with van der Waals surface area (Å²) in [6.45, 7) is 0.987. The number of imidazole rings is 1. The number of hydrogen-bond donors (Lipinski definition) is 2. The Morgan fingerprint density at radius 2 is 1.91 bits per heavy atom. The first kappa shape index (κ1) is 22.5. The molecule has 0 radical (unpaired) electrons. The van der Waals surface area contributed by atoms with Crippen LogP contribution in [0.1, 0.15) is 0 Å². The van der Waals surface area contributed by atoms with E-state index in [-0.39, 0.29) is 5.69 Å². The van der Waals surface area contributed by atoms with Gasteiger partial charge in [0.15, 0.2) is 0 Å². The third-order valence-corrected chi connectivity index (χ3v) is 4.89. The Balaban J connectivity index is 1.52. The van der Waals surface area contributed by atoms with Crippen molar-refractivity contribution in [2.45, 2.75) is 0 Å². The number of anilines is 2. The van der Waals surface area contributed by atoms with E-state index in [9.17, 15) is 10.1 Å². The smallest absolute Gasteiger partial charge is 0.287 e. The number of benzene rings is 1. The third-order valence-electron chi connectivity index (χ3n) is 4.89. The summed E-state index contributed by atoms with van der Waals surface area (Å²) in [6.07, 6.45) is 8.08. The molecule has 2 N–H and O–H groups in total. The lowest BCUT2D eigenvalue weighted by atomic mass is 10.1. The van der Waals surface area contributed by atoms with E-state index < -0.39 is 4.92 Å². The van der Waals surface area contributed by atoms with Crippen molar-refractivity contribution in [1.29, 1.82) is 0 Å². The van der Waals surface area contributed by atoms with Gasteiger partial charge in [-0.05, 0) is 18.2 Å². The van der Waals surface area contributed by atoms with Gasteiger partial charge in [-0.3, -0.25) is 10.1 Å². The average Bonchev–Trinajstić information content (AvgIpc) is 3.41. The number of hydrogen-bond acceptors (Lipinski definition) is 10. The van der Waals surface area contributed by atoms with Gasteiger partial charge >= 0.3 is 0 Å². The number of nitrogens with one attached hydrogen (secondary N) is 2. The van der Waals surface area contributed by atoms with Crippen LogP contribution >= 0.6 is 0 Å². The first-order valence-electron chi connectivity index (χ1n) is 10.2. The molecule has 0 atom stereocenters. The summed E-state index contributed by atoms with van der Waals surface area (Å²) in [5, 5.41) is 17.0. The second kappa shape index (κ2) is 10.3. The van der Waals surface area contributed by atoms with Gasteiger partial charge in [-0.15, -0.1) is 0 Å². The molecule has 0 saturated carbocycles. The molecule has 0 bridgehead atoms. The van der Waals surface area contributed by atoms with Crippen molar-refractivity contribution in [3.63, 3.8) is 0 Å². The minimum absolute atomic E-state index is 0.0588. The normalized spacial score (nSPS) is 10.5. The first-order chi connectivity index (χ1) is 16.6. The molecule has 4 rings (SSSR count). The molecule has 0 aliphatic carbocycles. The van der Waals surface area contributed by atoms with Gasteiger partial charge in [0, 0.05) is 43.2 Å². The standard InChI is InChI=1S/C22H22N8O4/c1-33-16-4-5-17(19(11-16)34-2)21-18(29-10-9-23-14-29)13-27-22(28-21)25-8-7-24-20-6-3-15(12-26-20)30(31)32/h3-6,9-14H,7-8H2,1-2H3,(H,24,26)(H,25,27,28). The molecule has 0 aliphatic heterocycles. The van der Waals surface area contributed by atoms with E-state index in [1.54, 1.807) is 45.1 Å². The number of pyridine rings is 1. The van der Waals surface area contributed by atoms with Crippen molar-refractivity contribution in [3.8, 4) is 28.4 Å². The van der Waals surface area contributed by atoms with Crippen molar-refractivity contribution >= 4 is 17.5 Å². The maximum Gasteiger partial charge on any atom is 0.287 e. The third kappa shape index (κ3) is 5.01. The number of aromatic nitrogens is 5. The van der Waals surface area contributed by atoms with Crippen LogP contribution in [0, 0.1) is 10.1 Å². The number of nitro groups is 1. The number of methoxy groups -OCH3 is 2. The molecule has 0 saturated heterocycles. The fourth-order valence-corrected chi connectivity index (χ4v) is 3.21.